The summed E-state index contributed by atoms with van der Waals surface area (Å²) < 4.78 is 0. The van der Waals surface area contributed by atoms with Gasteiger partial charge in [0.25, 0.3) is 0 Å². The Balaban J connectivity index is -0.000000154. The van der Waals surface area contributed by atoms with Crippen LogP contribution in [0.2, 0.25) is 0 Å². The Morgan fingerprint density at radius 1 is 0.944 bits per heavy atom. The molecule has 4 nitrogen and oxygen atoms in total. The molecule has 1 aliphatic carbocycles. The summed E-state index contributed by atoms with van der Waals surface area (Å²) in [5, 5.41) is 3.81. The van der Waals surface area contributed by atoms with Crippen molar-refractivity contribution in [3.8, 4) is 12.8 Å². The van der Waals surface area contributed by atoms with Gasteiger partial charge in [-0.2, -0.15) is 0 Å². The molecular weight excluding hydrogens is 627 g/mol. The Labute approximate surface area is 236 Å². The first kappa shape index (κ1) is 44.0. The number of benzene rings is 2. The zero-order valence-corrected chi connectivity index (χ0v) is 25.6. The molecule has 1 aliphatic rings. The van der Waals surface area contributed by atoms with Gasteiger partial charge in [0, 0.05) is 32.6 Å². The van der Waals surface area contributed by atoms with Gasteiger partial charge >= 0.3 is 0 Å². The predicted molar refractivity (Wildman–Crippen MR) is 160 cm³/mol. The summed E-state index contributed by atoms with van der Waals surface area (Å²) in [6.07, 6.45) is 20.4. The number of aromatic nitrogens is 1. The summed E-state index contributed by atoms with van der Waals surface area (Å²) in [6, 6.07) is 12.9. The number of pyridine rings is 1. The van der Waals surface area contributed by atoms with Gasteiger partial charge in [0.05, 0.1) is 5.52 Å². The first-order valence-corrected chi connectivity index (χ1v) is 11.5. The smallest absolute Gasteiger partial charge is 0.0743 e. The van der Waals surface area contributed by atoms with Crippen molar-refractivity contribution in [1.82, 2.24) is 4.98 Å². The molecule has 3 aromatic rings. The van der Waals surface area contributed by atoms with Gasteiger partial charge in [-0.05, 0) is 41.8 Å². The molecule has 1 aromatic heterocycles. The Kier molecular flexibility index (Phi) is 30.1. The molecule has 1 saturated carbocycles. The molecule has 1 heterocycles. The largest absolute Gasteiger partial charge is 0.674 e. The number of allylic oxidation sites excluding steroid dienone is 1. The van der Waals surface area contributed by atoms with E-state index in [1.807, 2.05) is 12.3 Å². The molecule has 2 atom stereocenters. The van der Waals surface area contributed by atoms with E-state index >= 15 is 0 Å². The third kappa shape index (κ3) is 12.3. The minimum atomic E-state index is 0. The molecule has 0 radical (unpaired) electrons. The summed E-state index contributed by atoms with van der Waals surface area (Å²) >= 11 is 0. The molecule has 2 unspecified atom stereocenters. The fraction of sp³-hybridized carbons (Fsp3) is 0.387. The van der Waals surface area contributed by atoms with Crippen molar-refractivity contribution in [3.63, 3.8) is 0 Å². The average Bonchev–Trinajstić information content (AvgIpc) is 2.81. The second kappa shape index (κ2) is 24.7. The zero-order valence-electron chi connectivity index (χ0n) is 23.3. The van der Waals surface area contributed by atoms with Crippen molar-refractivity contribution in [2.45, 2.75) is 72.8 Å². The van der Waals surface area contributed by atoms with Gasteiger partial charge in [0.2, 0.25) is 0 Å². The van der Waals surface area contributed by atoms with E-state index < -0.39 is 0 Å². The van der Waals surface area contributed by atoms with Crippen molar-refractivity contribution in [2.24, 2.45) is 5.92 Å². The first-order valence-electron chi connectivity index (χ1n) is 11.5. The number of nitrogens with zero attached hydrogens (tertiary/aromatic N) is 1. The number of nitrogens with one attached hydrogen (secondary N) is 1. The minimum absolute atomic E-state index is 0. The van der Waals surface area contributed by atoms with Gasteiger partial charge < -0.3 is 31.5 Å². The van der Waals surface area contributed by atoms with E-state index in [4.69, 9.17) is 5.73 Å². The topological polar surface area (TPSA) is 99.7 Å². The Hall–Kier alpha value is -2.02. The van der Waals surface area contributed by atoms with E-state index in [9.17, 15) is 0 Å². The third-order valence-corrected chi connectivity index (χ3v) is 5.52. The summed E-state index contributed by atoms with van der Waals surface area (Å²) in [4.78, 5) is 4.54. The van der Waals surface area contributed by atoms with Crippen LogP contribution in [-0.4, -0.2) is 22.0 Å². The number of hydrogen-bond acceptors (Lipinski definition) is 1. The predicted octanol–water partition coefficient (Wildman–Crippen LogP) is 8.26. The number of aryl methyl sites for hydroxylation is 1. The number of terminal acetylenes is 1. The molecule has 0 bridgehead atoms. The number of fused-ring (bicyclic) bond motifs is 3. The average molecular weight is 677 g/mol. The second-order valence-electron chi connectivity index (χ2n) is 8.06. The SMILES string of the molecule is C#C.C/C=C\c1c(C)c2ncccc2c2ccccc12.CC1CCCCC1[NH-].CCC.O.O.[CH3-].[CH3-].[Pt]. The van der Waals surface area contributed by atoms with Crippen molar-refractivity contribution >= 4 is 27.8 Å². The van der Waals surface area contributed by atoms with Gasteiger partial charge in [-0.1, -0.05) is 101 Å². The van der Waals surface area contributed by atoms with Crippen molar-refractivity contribution in [2.75, 3.05) is 0 Å². The van der Waals surface area contributed by atoms with Crippen LogP contribution in [0.5, 0.6) is 0 Å². The Bertz CT molecular complexity index is 976. The van der Waals surface area contributed by atoms with E-state index in [1.54, 1.807) is 0 Å². The number of rotatable bonds is 1. The molecule has 0 aliphatic heterocycles. The van der Waals surface area contributed by atoms with Gasteiger partial charge in [0.1, 0.15) is 0 Å². The van der Waals surface area contributed by atoms with Crippen molar-refractivity contribution in [3.05, 3.63) is 80.4 Å². The van der Waals surface area contributed by atoms with Crippen LogP contribution < -0.4 is 0 Å². The van der Waals surface area contributed by atoms with Crippen molar-refractivity contribution in [1.29, 1.82) is 0 Å². The van der Waals surface area contributed by atoms with E-state index in [0.29, 0.717) is 5.92 Å². The Morgan fingerprint density at radius 2 is 1.44 bits per heavy atom. The standard InChI is InChI=1S/C17H15N.C7H14N.C3H8.C2H2.2CH3.2H2O.Pt/c1-3-7-13-12(2)17-16(10-6-11-18-17)15-9-5-4-8-14(13)15;1-6-4-2-3-5-7(6)8;1-3-2;1-2;;;;;/h3-11H,1-2H3;6-8H,2-5H2,1H3;3H2,1-2H3;1-2H;2*1H3;2*1H2;/q;-1;;;2*-1;;;/b7-3-;;;;;;;;. The third-order valence-electron chi connectivity index (χ3n) is 5.52. The van der Waals surface area contributed by atoms with E-state index in [0.717, 1.165) is 11.9 Å². The summed E-state index contributed by atoms with van der Waals surface area (Å²) in [6.45, 7) is 10.6. The summed E-state index contributed by atoms with van der Waals surface area (Å²) in [5.74, 6) is 0.670. The maximum atomic E-state index is 7.48. The second-order valence-corrected chi connectivity index (χ2v) is 8.06. The van der Waals surface area contributed by atoms with Gasteiger partial charge in [0.15, 0.2) is 0 Å². The van der Waals surface area contributed by atoms with Crippen LogP contribution in [0.3, 0.4) is 0 Å². The summed E-state index contributed by atoms with van der Waals surface area (Å²) in [5.41, 5.74) is 11.1. The van der Waals surface area contributed by atoms with Crippen LogP contribution in [0.4, 0.5) is 0 Å². The quantitative estimate of drug-likeness (QED) is 0.145. The molecule has 4 rings (SSSR count). The van der Waals surface area contributed by atoms with Gasteiger partial charge in [-0.15, -0.1) is 18.9 Å². The molecule has 208 valence electrons. The van der Waals surface area contributed by atoms with E-state index in [1.165, 1.54) is 53.0 Å². The summed E-state index contributed by atoms with van der Waals surface area (Å²) in [7, 11) is 0. The molecular formula is C31H49N2O2Pt-3. The number of hydrogen-bond donors (Lipinski definition) is 0. The Morgan fingerprint density at radius 3 is 1.92 bits per heavy atom. The van der Waals surface area contributed by atoms with Crippen LogP contribution in [0, 0.1) is 40.5 Å². The maximum absolute atomic E-state index is 7.48. The van der Waals surface area contributed by atoms with Crippen molar-refractivity contribution < 1.29 is 32.0 Å². The molecule has 36 heavy (non-hydrogen) atoms. The fourth-order valence-electron chi connectivity index (χ4n) is 3.90. The maximum Gasteiger partial charge on any atom is 0.0743 e. The van der Waals surface area contributed by atoms with E-state index in [-0.39, 0.29) is 52.9 Å². The molecule has 1 fully saturated rings. The van der Waals surface area contributed by atoms with Crippen LogP contribution in [0.1, 0.15) is 70.9 Å². The molecule has 0 amide bonds. The fourth-order valence-corrected chi connectivity index (χ4v) is 3.90. The van der Waals surface area contributed by atoms with Gasteiger partial charge in [-0.25, -0.2) is 0 Å². The van der Waals surface area contributed by atoms with Crippen LogP contribution >= 0.6 is 0 Å². The van der Waals surface area contributed by atoms with Crippen LogP contribution in [0.15, 0.2) is 48.7 Å². The molecule has 5 N–H and O–H groups in total. The first-order chi connectivity index (χ1) is 15.0. The monoisotopic (exact) mass is 676 g/mol. The molecule has 5 heteroatoms. The van der Waals surface area contributed by atoms with E-state index in [2.05, 4.69) is 94.9 Å². The van der Waals surface area contributed by atoms with Crippen LogP contribution in [0.25, 0.3) is 33.5 Å². The minimum Gasteiger partial charge on any atom is -0.674 e. The van der Waals surface area contributed by atoms with Crippen LogP contribution in [-0.2, 0) is 21.1 Å². The molecule has 0 spiro atoms. The molecule has 0 saturated heterocycles. The van der Waals surface area contributed by atoms with Gasteiger partial charge in [-0.3, -0.25) is 4.98 Å². The molecule has 2 aromatic carbocycles. The zero-order chi connectivity index (χ0) is 23.2. The normalized spacial score (nSPS) is 15.2.